The van der Waals surface area contributed by atoms with E-state index in [0.29, 0.717) is 11.6 Å². The van der Waals surface area contributed by atoms with Crippen molar-refractivity contribution in [3.63, 3.8) is 0 Å². The van der Waals surface area contributed by atoms with Crippen molar-refractivity contribution in [3.05, 3.63) is 27.9 Å². The molecule has 0 saturated carbocycles. The van der Waals surface area contributed by atoms with Gasteiger partial charge in [-0.1, -0.05) is 11.2 Å². The van der Waals surface area contributed by atoms with E-state index in [4.69, 9.17) is 10.3 Å². The Labute approximate surface area is 106 Å². The lowest BCUT2D eigenvalue weighted by atomic mass is 10.1. The number of rotatable bonds is 2. The van der Waals surface area contributed by atoms with E-state index in [2.05, 4.69) is 10.1 Å². The molecule has 0 unspecified atom stereocenters. The largest absolute Gasteiger partial charge is 0.367 e. The predicted octanol–water partition coefficient (Wildman–Crippen LogP) is 3.42. The Morgan fingerprint density at radius 3 is 2.88 bits per heavy atom. The third-order valence-electron chi connectivity index (χ3n) is 2.35. The van der Waals surface area contributed by atoms with Crippen LogP contribution in [0, 0.1) is 6.92 Å². The summed E-state index contributed by atoms with van der Waals surface area (Å²) in [7, 11) is 0. The topological polar surface area (TPSA) is 64.9 Å². The average molecular weight is 263 g/mol. The van der Waals surface area contributed by atoms with Crippen LogP contribution in [0.2, 0.25) is 0 Å². The summed E-state index contributed by atoms with van der Waals surface area (Å²) in [5, 5.41) is 8.96. The van der Waals surface area contributed by atoms with Crippen LogP contribution in [-0.4, -0.2) is 10.1 Å². The molecule has 0 aliphatic carbocycles. The van der Waals surface area contributed by atoms with Gasteiger partial charge in [-0.05, 0) is 18.4 Å². The molecular weight excluding hydrogens is 254 g/mol. The molecule has 3 heterocycles. The molecule has 0 spiro atoms. The van der Waals surface area contributed by atoms with Gasteiger partial charge in [-0.15, -0.1) is 22.7 Å². The van der Waals surface area contributed by atoms with Crippen LogP contribution in [-0.2, 0) is 0 Å². The van der Waals surface area contributed by atoms with Crippen LogP contribution in [0.15, 0.2) is 27.4 Å². The van der Waals surface area contributed by atoms with Crippen molar-refractivity contribution in [2.75, 3.05) is 5.73 Å². The fraction of sp³-hybridized carbons (Fsp3) is 0.0909. The maximum Gasteiger partial charge on any atom is 0.231 e. The molecule has 0 aromatic carbocycles. The van der Waals surface area contributed by atoms with E-state index in [-0.39, 0.29) is 0 Å². The zero-order valence-electron chi connectivity index (χ0n) is 9.01. The summed E-state index contributed by atoms with van der Waals surface area (Å²) >= 11 is 3.19. The average Bonchev–Trinajstić information content (AvgIpc) is 2.97. The first kappa shape index (κ1) is 10.5. The second kappa shape index (κ2) is 3.97. The summed E-state index contributed by atoms with van der Waals surface area (Å²) in [6.07, 6.45) is 0. The van der Waals surface area contributed by atoms with E-state index in [1.165, 1.54) is 0 Å². The highest BCUT2D eigenvalue weighted by Crippen LogP contribution is 2.38. The Kier molecular flexibility index (Phi) is 2.45. The second-order valence-electron chi connectivity index (χ2n) is 3.50. The molecule has 0 fully saturated rings. The van der Waals surface area contributed by atoms with E-state index in [9.17, 15) is 0 Å². The van der Waals surface area contributed by atoms with Gasteiger partial charge in [0.15, 0.2) is 0 Å². The van der Waals surface area contributed by atoms with Gasteiger partial charge in [-0.3, -0.25) is 0 Å². The summed E-state index contributed by atoms with van der Waals surface area (Å²) in [6.45, 7) is 1.96. The molecule has 0 saturated heterocycles. The van der Waals surface area contributed by atoms with Crippen LogP contribution in [0.1, 0.15) is 5.01 Å². The summed E-state index contributed by atoms with van der Waals surface area (Å²) in [5.74, 6) is 0.341. The minimum Gasteiger partial charge on any atom is -0.367 e. The molecule has 0 atom stereocenters. The Morgan fingerprint density at radius 1 is 1.35 bits per heavy atom. The number of aryl methyl sites for hydroxylation is 1. The second-order valence-corrected chi connectivity index (χ2v) is 5.51. The molecule has 3 aromatic rings. The van der Waals surface area contributed by atoms with Gasteiger partial charge >= 0.3 is 0 Å². The van der Waals surface area contributed by atoms with Gasteiger partial charge in [0.25, 0.3) is 0 Å². The van der Waals surface area contributed by atoms with E-state index in [1.807, 2.05) is 29.8 Å². The van der Waals surface area contributed by atoms with Crippen LogP contribution < -0.4 is 5.73 Å². The Balaban J connectivity index is 2.19. The highest BCUT2D eigenvalue weighted by atomic mass is 32.1. The number of nitrogens with two attached hydrogens (primary N) is 1. The van der Waals surface area contributed by atoms with Crippen molar-refractivity contribution in [1.29, 1.82) is 0 Å². The number of hydrogen-bond donors (Lipinski definition) is 1. The molecule has 0 bridgehead atoms. The fourth-order valence-corrected chi connectivity index (χ4v) is 2.98. The lowest BCUT2D eigenvalue weighted by Crippen LogP contribution is -1.85. The summed E-state index contributed by atoms with van der Waals surface area (Å²) in [4.78, 5) is 5.46. The molecule has 3 aromatic heterocycles. The minimum absolute atomic E-state index is 0.341. The molecule has 6 heteroatoms. The lowest BCUT2D eigenvalue weighted by Gasteiger charge is -1.95. The van der Waals surface area contributed by atoms with E-state index in [1.54, 1.807) is 22.7 Å². The molecule has 4 nitrogen and oxygen atoms in total. The van der Waals surface area contributed by atoms with Crippen molar-refractivity contribution < 1.29 is 4.52 Å². The molecule has 0 amide bonds. The lowest BCUT2D eigenvalue weighted by molar-refractivity contribution is 0.439. The standard InChI is InChI=1S/C11H9N3OS2/c1-6-13-7(5-17-6)10-9(11(12)15-14-10)8-3-2-4-16-8/h2-5H,12H2,1H3. The van der Waals surface area contributed by atoms with Gasteiger partial charge in [-0.2, -0.15) is 0 Å². The van der Waals surface area contributed by atoms with Crippen molar-refractivity contribution in [2.45, 2.75) is 6.92 Å². The van der Waals surface area contributed by atoms with Gasteiger partial charge in [0.1, 0.15) is 11.4 Å². The monoisotopic (exact) mass is 263 g/mol. The molecule has 3 rings (SSSR count). The Bertz CT molecular complexity index is 640. The number of nitrogen functional groups attached to an aromatic ring is 1. The quantitative estimate of drug-likeness (QED) is 0.769. The number of nitrogens with zero attached hydrogens (tertiary/aromatic N) is 2. The molecular formula is C11H9N3OS2. The Morgan fingerprint density at radius 2 is 2.24 bits per heavy atom. The van der Waals surface area contributed by atoms with Crippen molar-refractivity contribution in [3.8, 4) is 21.8 Å². The van der Waals surface area contributed by atoms with Gasteiger partial charge in [-0.25, -0.2) is 4.98 Å². The van der Waals surface area contributed by atoms with Crippen molar-refractivity contribution in [2.24, 2.45) is 0 Å². The smallest absolute Gasteiger partial charge is 0.231 e. The molecule has 0 aliphatic heterocycles. The maximum atomic E-state index is 5.83. The Hall–Kier alpha value is -1.66. The molecule has 2 N–H and O–H groups in total. The third-order valence-corrected chi connectivity index (χ3v) is 4.01. The van der Waals surface area contributed by atoms with Gasteiger partial charge in [0.05, 0.1) is 10.6 Å². The van der Waals surface area contributed by atoms with Crippen LogP contribution in [0.3, 0.4) is 0 Å². The highest BCUT2D eigenvalue weighted by Gasteiger charge is 2.19. The SMILES string of the molecule is Cc1nc(-c2noc(N)c2-c2cccs2)cs1. The van der Waals surface area contributed by atoms with Gasteiger partial charge in [0.2, 0.25) is 5.88 Å². The van der Waals surface area contributed by atoms with Crippen LogP contribution in [0.5, 0.6) is 0 Å². The molecule has 0 aliphatic rings. The van der Waals surface area contributed by atoms with E-state index < -0.39 is 0 Å². The number of thiophene rings is 1. The van der Waals surface area contributed by atoms with E-state index in [0.717, 1.165) is 21.1 Å². The highest BCUT2D eigenvalue weighted by molar-refractivity contribution is 7.13. The van der Waals surface area contributed by atoms with Crippen molar-refractivity contribution in [1.82, 2.24) is 10.1 Å². The number of hydrogen-bond acceptors (Lipinski definition) is 6. The first-order valence-corrected chi connectivity index (χ1v) is 6.73. The van der Waals surface area contributed by atoms with Crippen LogP contribution >= 0.6 is 22.7 Å². The summed E-state index contributed by atoms with van der Waals surface area (Å²) in [5.41, 5.74) is 8.20. The normalized spacial score (nSPS) is 10.9. The molecule has 86 valence electrons. The summed E-state index contributed by atoms with van der Waals surface area (Å²) < 4.78 is 5.08. The van der Waals surface area contributed by atoms with Crippen LogP contribution in [0.4, 0.5) is 5.88 Å². The molecule has 17 heavy (non-hydrogen) atoms. The zero-order chi connectivity index (χ0) is 11.8. The van der Waals surface area contributed by atoms with Gasteiger partial charge in [0, 0.05) is 10.3 Å². The third kappa shape index (κ3) is 1.75. The zero-order valence-corrected chi connectivity index (χ0v) is 10.6. The first-order valence-electron chi connectivity index (χ1n) is 4.97. The van der Waals surface area contributed by atoms with Crippen molar-refractivity contribution >= 4 is 28.6 Å². The van der Waals surface area contributed by atoms with Gasteiger partial charge < -0.3 is 10.3 Å². The predicted molar refractivity (Wildman–Crippen MR) is 70.1 cm³/mol. The number of anilines is 1. The molecule has 0 radical (unpaired) electrons. The minimum atomic E-state index is 0.341. The first-order chi connectivity index (χ1) is 8.25. The van der Waals surface area contributed by atoms with Crippen LogP contribution in [0.25, 0.3) is 21.8 Å². The number of aromatic nitrogens is 2. The van der Waals surface area contributed by atoms with E-state index >= 15 is 0 Å². The maximum absolute atomic E-state index is 5.83. The summed E-state index contributed by atoms with van der Waals surface area (Å²) in [6, 6.07) is 3.97. The number of thiazole rings is 1. The fourth-order valence-electron chi connectivity index (χ4n) is 1.61.